The average molecular weight is 283 g/mol. The number of hydrogen-bond acceptors (Lipinski definition) is 3. The van der Waals surface area contributed by atoms with Gasteiger partial charge in [-0.25, -0.2) is 4.79 Å². The van der Waals surface area contributed by atoms with E-state index >= 15 is 0 Å². The Kier molecular flexibility index (Phi) is 4.86. The molecule has 0 radical (unpaired) electrons. The minimum atomic E-state index is -0.819. The molecule has 6 nitrogen and oxygen atoms in total. The molecule has 2 amide bonds. The van der Waals surface area contributed by atoms with E-state index in [1.54, 1.807) is 0 Å². The maximum Gasteiger partial charge on any atom is 0.317 e. The standard InChI is InChI=1S/C14H25N3O3/c1-10(7-13(18)19)8-15-14(20)17-6-5-11-3-4-12(9-17)16(11)2/h10-12H,3-9H2,1-2H3,(H,15,20)(H,18,19). The van der Waals surface area contributed by atoms with Crippen LogP contribution in [0.5, 0.6) is 0 Å². The van der Waals surface area contributed by atoms with Crippen LogP contribution in [0, 0.1) is 5.92 Å². The Morgan fingerprint density at radius 1 is 1.30 bits per heavy atom. The van der Waals surface area contributed by atoms with Gasteiger partial charge in [-0.3, -0.25) is 9.69 Å². The summed E-state index contributed by atoms with van der Waals surface area (Å²) in [5.41, 5.74) is 0. The molecule has 3 unspecified atom stereocenters. The first-order valence-corrected chi connectivity index (χ1v) is 7.44. The number of amides is 2. The molecule has 114 valence electrons. The second-order valence-electron chi connectivity index (χ2n) is 6.17. The summed E-state index contributed by atoms with van der Waals surface area (Å²) in [6.45, 7) is 3.84. The highest BCUT2D eigenvalue weighted by Crippen LogP contribution is 2.28. The van der Waals surface area contributed by atoms with E-state index in [9.17, 15) is 9.59 Å². The molecule has 0 aromatic heterocycles. The van der Waals surface area contributed by atoms with Crippen LogP contribution in [0.1, 0.15) is 32.6 Å². The van der Waals surface area contributed by atoms with Gasteiger partial charge in [0.2, 0.25) is 0 Å². The first-order chi connectivity index (χ1) is 9.47. The van der Waals surface area contributed by atoms with Crippen molar-refractivity contribution in [3.05, 3.63) is 0 Å². The van der Waals surface area contributed by atoms with Gasteiger partial charge < -0.3 is 15.3 Å². The van der Waals surface area contributed by atoms with Gasteiger partial charge in [0.25, 0.3) is 0 Å². The van der Waals surface area contributed by atoms with Gasteiger partial charge in [-0.1, -0.05) is 6.92 Å². The molecular formula is C14H25N3O3. The quantitative estimate of drug-likeness (QED) is 0.806. The first kappa shape index (κ1) is 15.1. The molecule has 6 heteroatoms. The molecule has 2 saturated heterocycles. The van der Waals surface area contributed by atoms with E-state index in [0.29, 0.717) is 18.6 Å². The van der Waals surface area contributed by atoms with E-state index in [4.69, 9.17) is 5.11 Å². The van der Waals surface area contributed by atoms with Crippen molar-refractivity contribution in [2.24, 2.45) is 5.92 Å². The Bertz CT molecular complexity index is 375. The van der Waals surface area contributed by atoms with E-state index in [0.717, 1.165) is 19.5 Å². The minimum absolute atomic E-state index is 0.0393. The van der Waals surface area contributed by atoms with Gasteiger partial charge in [0.15, 0.2) is 0 Å². The van der Waals surface area contributed by atoms with Crippen molar-refractivity contribution < 1.29 is 14.7 Å². The highest BCUT2D eigenvalue weighted by Gasteiger charge is 2.35. The van der Waals surface area contributed by atoms with Crippen molar-refractivity contribution in [3.8, 4) is 0 Å². The molecule has 2 N–H and O–H groups in total. The summed E-state index contributed by atoms with van der Waals surface area (Å²) in [7, 11) is 2.15. The predicted molar refractivity (Wildman–Crippen MR) is 75.6 cm³/mol. The number of carbonyl (C=O) groups excluding carboxylic acids is 1. The summed E-state index contributed by atoms with van der Waals surface area (Å²) in [5.74, 6) is -0.858. The number of urea groups is 1. The Hall–Kier alpha value is -1.30. The number of carboxylic acids is 1. The lowest BCUT2D eigenvalue weighted by Crippen LogP contribution is -2.45. The third-order valence-corrected chi connectivity index (χ3v) is 4.56. The number of likely N-dealkylation sites (N-methyl/N-ethyl adjacent to an activating group) is 1. The normalized spacial score (nSPS) is 28.0. The molecule has 2 aliphatic rings. The number of nitrogens with zero attached hydrogens (tertiary/aromatic N) is 2. The van der Waals surface area contributed by atoms with Gasteiger partial charge >= 0.3 is 12.0 Å². The van der Waals surface area contributed by atoms with Gasteiger partial charge in [0, 0.05) is 38.1 Å². The third-order valence-electron chi connectivity index (χ3n) is 4.56. The average Bonchev–Trinajstić information content (AvgIpc) is 2.59. The number of carboxylic acid groups (broad SMARTS) is 1. The Morgan fingerprint density at radius 2 is 2.00 bits per heavy atom. The number of rotatable bonds is 4. The SMILES string of the molecule is CC(CNC(=O)N1CCC2CCC(C1)N2C)CC(=O)O. The van der Waals surface area contributed by atoms with Crippen molar-refractivity contribution in [2.45, 2.75) is 44.7 Å². The van der Waals surface area contributed by atoms with Crippen LogP contribution in [0.4, 0.5) is 4.79 Å². The van der Waals surface area contributed by atoms with E-state index in [-0.39, 0.29) is 18.4 Å². The fourth-order valence-electron chi connectivity index (χ4n) is 3.24. The molecule has 0 spiro atoms. The van der Waals surface area contributed by atoms with Crippen LogP contribution in [-0.2, 0) is 4.79 Å². The lowest BCUT2D eigenvalue weighted by atomic mass is 10.1. The zero-order valence-electron chi connectivity index (χ0n) is 12.3. The largest absolute Gasteiger partial charge is 0.481 e. The van der Waals surface area contributed by atoms with Gasteiger partial charge in [-0.2, -0.15) is 0 Å². The molecular weight excluding hydrogens is 258 g/mol. The van der Waals surface area contributed by atoms with Crippen molar-refractivity contribution in [1.29, 1.82) is 0 Å². The maximum absolute atomic E-state index is 12.2. The van der Waals surface area contributed by atoms with Crippen molar-refractivity contribution >= 4 is 12.0 Å². The number of hydrogen-bond donors (Lipinski definition) is 2. The summed E-state index contributed by atoms with van der Waals surface area (Å²) in [4.78, 5) is 27.1. The van der Waals surface area contributed by atoms with Crippen LogP contribution in [0.25, 0.3) is 0 Å². The van der Waals surface area contributed by atoms with E-state index < -0.39 is 5.97 Å². The fraction of sp³-hybridized carbons (Fsp3) is 0.857. The van der Waals surface area contributed by atoms with Crippen molar-refractivity contribution in [2.75, 3.05) is 26.7 Å². The second-order valence-corrected chi connectivity index (χ2v) is 6.17. The molecule has 2 fully saturated rings. The number of aliphatic carboxylic acids is 1. The molecule has 0 aromatic carbocycles. The summed E-state index contributed by atoms with van der Waals surface area (Å²) in [5, 5.41) is 11.6. The smallest absolute Gasteiger partial charge is 0.317 e. The Balaban J connectivity index is 1.79. The molecule has 0 aliphatic carbocycles. The molecule has 2 rings (SSSR count). The van der Waals surface area contributed by atoms with Gasteiger partial charge in [-0.15, -0.1) is 0 Å². The molecule has 0 aromatic rings. The topological polar surface area (TPSA) is 72.9 Å². The number of fused-ring (bicyclic) bond motifs is 2. The van der Waals surface area contributed by atoms with Gasteiger partial charge in [0.1, 0.15) is 0 Å². The maximum atomic E-state index is 12.2. The van der Waals surface area contributed by atoms with Crippen molar-refractivity contribution in [1.82, 2.24) is 15.1 Å². The van der Waals surface area contributed by atoms with Crippen LogP contribution in [-0.4, -0.2) is 65.7 Å². The minimum Gasteiger partial charge on any atom is -0.481 e. The van der Waals surface area contributed by atoms with E-state index in [2.05, 4.69) is 17.3 Å². The lowest BCUT2D eigenvalue weighted by Gasteiger charge is -2.26. The highest BCUT2D eigenvalue weighted by molar-refractivity contribution is 5.74. The van der Waals surface area contributed by atoms with Gasteiger partial charge in [-0.05, 0) is 32.2 Å². The molecule has 20 heavy (non-hydrogen) atoms. The number of nitrogens with one attached hydrogen (secondary N) is 1. The third kappa shape index (κ3) is 3.62. The molecule has 2 aliphatic heterocycles. The lowest BCUT2D eigenvalue weighted by molar-refractivity contribution is -0.137. The van der Waals surface area contributed by atoms with Crippen molar-refractivity contribution in [3.63, 3.8) is 0 Å². The molecule has 3 atom stereocenters. The molecule has 0 saturated carbocycles. The fourth-order valence-corrected chi connectivity index (χ4v) is 3.24. The summed E-state index contributed by atoms with van der Waals surface area (Å²) in [6.07, 6.45) is 3.53. The summed E-state index contributed by atoms with van der Waals surface area (Å²) in [6, 6.07) is 1.04. The number of likely N-dealkylation sites (tertiary alicyclic amines) is 1. The van der Waals surface area contributed by atoms with E-state index in [1.807, 2.05) is 11.8 Å². The monoisotopic (exact) mass is 283 g/mol. The highest BCUT2D eigenvalue weighted by atomic mass is 16.4. The molecule has 2 bridgehead atoms. The Labute approximate surface area is 120 Å². The van der Waals surface area contributed by atoms with Crippen LogP contribution in [0.3, 0.4) is 0 Å². The Morgan fingerprint density at radius 3 is 2.70 bits per heavy atom. The summed E-state index contributed by atoms with van der Waals surface area (Å²) < 4.78 is 0. The summed E-state index contributed by atoms with van der Waals surface area (Å²) >= 11 is 0. The zero-order valence-corrected chi connectivity index (χ0v) is 12.3. The van der Waals surface area contributed by atoms with Crippen LogP contribution in [0.2, 0.25) is 0 Å². The zero-order chi connectivity index (χ0) is 14.7. The van der Waals surface area contributed by atoms with E-state index in [1.165, 1.54) is 12.8 Å². The van der Waals surface area contributed by atoms with Gasteiger partial charge in [0.05, 0.1) is 0 Å². The first-order valence-electron chi connectivity index (χ1n) is 7.44. The molecule has 2 heterocycles. The van der Waals surface area contributed by atoms with Crippen LogP contribution < -0.4 is 5.32 Å². The van der Waals surface area contributed by atoms with Crippen LogP contribution >= 0.6 is 0 Å². The van der Waals surface area contributed by atoms with Crippen LogP contribution in [0.15, 0.2) is 0 Å². The second kappa shape index (κ2) is 6.43. The predicted octanol–water partition coefficient (Wildman–Crippen LogP) is 0.975. The number of carbonyl (C=O) groups is 2.